The van der Waals surface area contributed by atoms with Gasteiger partial charge in [0.25, 0.3) is 0 Å². The van der Waals surface area contributed by atoms with Gasteiger partial charge in [-0.1, -0.05) is 12.1 Å². The molecule has 1 atom stereocenters. The second kappa shape index (κ2) is 7.79. The maximum Gasteiger partial charge on any atom is 0.247 e. The molecule has 0 saturated carbocycles. The molecule has 2 heterocycles. The summed E-state index contributed by atoms with van der Waals surface area (Å²) in [7, 11) is 0. The van der Waals surface area contributed by atoms with E-state index in [1.807, 2.05) is 36.5 Å². The molecule has 1 saturated heterocycles. The lowest BCUT2D eigenvalue weighted by Crippen LogP contribution is -2.43. The SMILES string of the molecule is C=CCCC(=O)N1CCC[C@H]1C(=O)Nc1cccc(-n2cccn2)c1. The minimum absolute atomic E-state index is 0.0165. The highest BCUT2D eigenvalue weighted by molar-refractivity contribution is 5.97. The third-order valence-electron chi connectivity index (χ3n) is 4.32. The molecule has 1 fully saturated rings. The number of hydrogen-bond donors (Lipinski definition) is 1. The van der Waals surface area contributed by atoms with Crippen LogP contribution in [0.5, 0.6) is 0 Å². The summed E-state index contributed by atoms with van der Waals surface area (Å²) in [4.78, 5) is 26.6. The van der Waals surface area contributed by atoms with Crippen molar-refractivity contribution in [1.82, 2.24) is 14.7 Å². The molecule has 1 aromatic heterocycles. The third-order valence-corrected chi connectivity index (χ3v) is 4.32. The quantitative estimate of drug-likeness (QED) is 0.824. The Morgan fingerprint density at radius 3 is 3.00 bits per heavy atom. The Labute approximate surface area is 147 Å². The minimum atomic E-state index is -0.398. The van der Waals surface area contributed by atoms with Crippen LogP contribution in [0.4, 0.5) is 5.69 Å². The molecule has 0 unspecified atom stereocenters. The number of carbonyl (C=O) groups is 2. The molecule has 3 rings (SSSR count). The van der Waals surface area contributed by atoms with Crippen molar-refractivity contribution in [2.75, 3.05) is 11.9 Å². The average molecular weight is 338 g/mol. The molecule has 0 spiro atoms. The molecule has 1 N–H and O–H groups in total. The van der Waals surface area contributed by atoms with Crippen molar-refractivity contribution in [3.05, 3.63) is 55.4 Å². The van der Waals surface area contributed by atoms with Crippen molar-refractivity contribution in [2.45, 2.75) is 31.7 Å². The van der Waals surface area contributed by atoms with Crippen molar-refractivity contribution in [2.24, 2.45) is 0 Å². The number of nitrogens with one attached hydrogen (secondary N) is 1. The summed E-state index contributed by atoms with van der Waals surface area (Å²) in [5.41, 5.74) is 1.57. The van der Waals surface area contributed by atoms with Gasteiger partial charge < -0.3 is 10.2 Å². The Bertz CT molecular complexity index is 755. The van der Waals surface area contributed by atoms with Crippen molar-refractivity contribution >= 4 is 17.5 Å². The minimum Gasteiger partial charge on any atom is -0.331 e. The smallest absolute Gasteiger partial charge is 0.247 e. The van der Waals surface area contributed by atoms with Crippen molar-refractivity contribution in [3.63, 3.8) is 0 Å². The zero-order valence-corrected chi connectivity index (χ0v) is 14.1. The normalized spacial score (nSPS) is 16.6. The van der Waals surface area contributed by atoms with Crippen LogP contribution >= 0.6 is 0 Å². The molecule has 0 bridgehead atoms. The van der Waals surface area contributed by atoms with E-state index in [2.05, 4.69) is 17.0 Å². The topological polar surface area (TPSA) is 67.2 Å². The maximum absolute atomic E-state index is 12.7. The van der Waals surface area contributed by atoms with E-state index >= 15 is 0 Å². The molecule has 2 aromatic rings. The summed E-state index contributed by atoms with van der Waals surface area (Å²) < 4.78 is 1.73. The van der Waals surface area contributed by atoms with E-state index in [0.717, 1.165) is 12.1 Å². The van der Waals surface area contributed by atoms with Crippen molar-refractivity contribution < 1.29 is 9.59 Å². The molecule has 25 heavy (non-hydrogen) atoms. The number of hydrogen-bond acceptors (Lipinski definition) is 3. The maximum atomic E-state index is 12.7. The molecule has 1 aliphatic rings. The van der Waals surface area contributed by atoms with Gasteiger partial charge in [-0.25, -0.2) is 4.68 Å². The number of anilines is 1. The van der Waals surface area contributed by atoms with Gasteiger partial charge in [0.15, 0.2) is 0 Å². The number of benzene rings is 1. The molecule has 6 heteroatoms. The lowest BCUT2D eigenvalue weighted by Gasteiger charge is -2.24. The van der Waals surface area contributed by atoms with Crippen LogP contribution in [0.15, 0.2) is 55.4 Å². The van der Waals surface area contributed by atoms with Gasteiger partial charge in [-0.15, -0.1) is 6.58 Å². The fraction of sp³-hybridized carbons (Fsp3) is 0.316. The van der Waals surface area contributed by atoms with Gasteiger partial charge in [0.05, 0.1) is 5.69 Å². The van der Waals surface area contributed by atoms with Crippen molar-refractivity contribution in [3.8, 4) is 5.69 Å². The molecule has 0 aliphatic carbocycles. The zero-order valence-electron chi connectivity index (χ0n) is 14.1. The van der Waals surface area contributed by atoms with Crippen LogP contribution in [0.3, 0.4) is 0 Å². The van der Waals surface area contributed by atoms with Crippen LogP contribution in [-0.4, -0.2) is 39.1 Å². The molecule has 2 amide bonds. The molecule has 6 nitrogen and oxygen atoms in total. The first-order valence-corrected chi connectivity index (χ1v) is 8.50. The standard InChI is InChI=1S/C19H22N4O2/c1-2-3-10-18(24)22-12-5-9-17(22)19(25)21-15-7-4-8-16(14-15)23-13-6-11-20-23/h2,4,6-8,11,13-14,17H,1,3,5,9-10,12H2,(H,21,25)/t17-/m0/s1. The van der Waals surface area contributed by atoms with Crippen LogP contribution in [0, 0.1) is 0 Å². The molecular weight excluding hydrogens is 316 g/mol. The van der Waals surface area contributed by atoms with E-state index in [0.29, 0.717) is 31.5 Å². The average Bonchev–Trinajstić information content (AvgIpc) is 3.31. The Balaban J connectivity index is 1.68. The zero-order chi connectivity index (χ0) is 17.6. The molecule has 130 valence electrons. The number of rotatable bonds is 6. The summed E-state index contributed by atoms with van der Waals surface area (Å²) in [5, 5.41) is 7.12. The van der Waals surface area contributed by atoms with E-state index < -0.39 is 6.04 Å². The number of carbonyl (C=O) groups excluding carboxylic acids is 2. The van der Waals surface area contributed by atoms with Crippen molar-refractivity contribution in [1.29, 1.82) is 0 Å². The van der Waals surface area contributed by atoms with Gasteiger partial charge in [-0.3, -0.25) is 9.59 Å². The third kappa shape index (κ3) is 3.96. The molecule has 0 radical (unpaired) electrons. The highest BCUT2D eigenvalue weighted by Crippen LogP contribution is 2.21. The largest absolute Gasteiger partial charge is 0.331 e. The lowest BCUT2D eigenvalue weighted by molar-refractivity contribution is -0.136. The van der Waals surface area contributed by atoms with Gasteiger partial charge in [0.2, 0.25) is 11.8 Å². The van der Waals surface area contributed by atoms with Gasteiger partial charge in [0.1, 0.15) is 6.04 Å². The van der Waals surface area contributed by atoms with E-state index in [9.17, 15) is 9.59 Å². The lowest BCUT2D eigenvalue weighted by atomic mass is 10.2. The number of aromatic nitrogens is 2. The first kappa shape index (κ1) is 17.0. The van der Waals surface area contributed by atoms with Gasteiger partial charge in [0, 0.05) is 31.0 Å². The predicted molar refractivity (Wildman–Crippen MR) is 96.4 cm³/mol. The van der Waals surface area contributed by atoms with Crippen LogP contribution in [0.2, 0.25) is 0 Å². The van der Waals surface area contributed by atoms with E-state index in [1.54, 1.807) is 21.9 Å². The highest BCUT2D eigenvalue weighted by Gasteiger charge is 2.33. The molecule has 1 aromatic carbocycles. The van der Waals surface area contributed by atoms with Gasteiger partial charge in [-0.2, -0.15) is 5.10 Å². The Morgan fingerprint density at radius 2 is 2.24 bits per heavy atom. The molecule has 1 aliphatic heterocycles. The van der Waals surface area contributed by atoms with E-state index in [4.69, 9.17) is 0 Å². The fourth-order valence-corrected chi connectivity index (χ4v) is 3.08. The number of nitrogens with zero attached hydrogens (tertiary/aromatic N) is 3. The number of allylic oxidation sites excluding steroid dienone is 1. The second-order valence-corrected chi connectivity index (χ2v) is 6.06. The number of amides is 2. The Hall–Kier alpha value is -2.89. The fourth-order valence-electron chi connectivity index (χ4n) is 3.08. The Morgan fingerprint density at radius 1 is 1.36 bits per heavy atom. The second-order valence-electron chi connectivity index (χ2n) is 6.06. The number of likely N-dealkylation sites (tertiary alicyclic amines) is 1. The first-order chi connectivity index (χ1) is 12.2. The first-order valence-electron chi connectivity index (χ1n) is 8.50. The summed E-state index contributed by atoms with van der Waals surface area (Å²) in [6.45, 7) is 4.28. The highest BCUT2D eigenvalue weighted by atomic mass is 16.2. The van der Waals surface area contributed by atoms with Crippen LogP contribution in [-0.2, 0) is 9.59 Å². The van der Waals surface area contributed by atoms with E-state index in [1.165, 1.54) is 0 Å². The van der Waals surface area contributed by atoms with Gasteiger partial charge in [-0.05, 0) is 43.5 Å². The van der Waals surface area contributed by atoms with Crippen LogP contribution in [0.25, 0.3) is 5.69 Å². The van der Waals surface area contributed by atoms with E-state index in [-0.39, 0.29) is 11.8 Å². The summed E-state index contributed by atoms with van der Waals surface area (Å²) in [5.74, 6) is -0.120. The summed E-state index contributed by atoms with van der Waals surface area (Å²) in [6.07, 6.45) is 7.87. The predicted octanol–water partition coefficient (Wildman–Crippen LogP) is 2.77. The Kier molecular flexibility index (Phi) is 5.28. The monoisotopic (exact) mass is 338 g/mol. The summed E-state index contributed by atoms with van der Waals surface area (Å²) >= 11 is 0. The van der Waals surface area contributed by atoms with Crippen LogP contribution < -0.4 is 5.32 Å². The molecular formula is C19H22N4O2. The summed E-state index contributed by atoms with van der Waals surface area (Å²) in [6, 6.07) is 8.94. The van der Waals surface area contributed by atoms with Crippen LogP contribution in [0.1, 0.15) is 25.7 Å². The van der Waals surface area contributed by atoms with Gasteiger partial charge >= 0.3 is 0 Å².